The first-order chi connectivity index (χ1) is 12.5. The highest BCUT2D eigenvalue weighted by atomic mass is 16.6. The van der Waals surface area contributed by atoms with Crippen LogP contribution in [0.1, 0.15) is 26.1 Å². The zero-order valence-corrected chi connectivity index (χ0v) is 15.3. The van der Waals surface area contributed by atoms with Gasteiger partial charge in [-0.3, -0.25) is 10.1 Å². The Balaban J connectivity index is 1.52. The van der Waals surface area contributed by atoms with Crippen LogP contribution >= 0.6 is 0 Å². The molecule has 140 valence electrons. The van der Waals surface area contributed by atoms with Crippen LogP contribution in [0.4, 0.5) is 11.4 Å². The molecule has 2 aromatic rings. The van der Waals surface area contributed by atoms with E-state index in [1.165, 1.54) is 4.90 Å². The third kappa shape index (κ3) is 4.54. The van der Waals surface area contributed by atoms with Crippen molar-refractivity contribution in [2.45, 2.75) is 33.4 Å². The van der Waals surface area contributed by atoms with Crippen LogP contribution in [0.15, 0.2) is 24.3 Å². The molecule has 2 heterocycles. The standard InChI is InChI=1S/C17H25N7O2/c1-14(2)7-8-23-17(18-19-20-23)13-21-9-11-22(12-10-21)15-3-5-16(6-4-15)24(25)26/h3-6,14H,7-13H2,1-2H3/p+1. The van der Waals surface area contributed by atoms with Crippen molar-refractivity contribution in [3.63, 3.8) is 0 Å². The Labute approximate surface area is 152 Å². The summed E-state index contributed by atoms with van der Waals surface area (Å²) in [5.74, 6) is 1.58. The molecule has 9 nitrogen and oxygen atoms in total. The highest BCUT2D eigenvalue weighted by molar-refractivity contribution is 5.50. The number of nitrogens with zero attached hydrogens (tertiary/aromatic N) is 6. The number of nitrogens with one attached hydrogen (secondary N) is 1. The van der Waals surface area contributed by atoms with Gasteiger partial charge in [-0.2, -0.15) is 0 Å². The largest absolute Gasteiger partial charge is 0.360 e. The molecule has 26 heavy (non-hydrogen) atoms. The quantitative estimate of drug-likeness (QED) is 0.572. The molecular weight excluding hydrogens is 334 g/mol. The van der Waals surface area contributed by atoms with Crippen molar-refractivity contribution in [2.24, 2.45) is 5.92 Å². The Hall–Kier alpha value is -2.55. The van der Waals surface area contributed by atoms with Gasteiger partial charge in [-0.15, -0.1) is 5.10 Å². The van der Waals surface area contributed by atoms with Crippen molar-refractivity contribution in [3.8, 4) is 0 Å². The average Bonchev–Trinajstić information content (AvgIpc) is 3.08. The summed E-state index contributed by atoms with van der Waals surface area (Å²) >= 11 is 0. The van der Waals surface area contributed by atoms with E-state index in [9.17, 15) is 10.1 Å². The molecule has 1 saturated heterocycles. The maximum atomic E-state index is 10.8. The van der Waals surface area contributed by atoms with Crippen molar-refractivity contribution in [1.29, 1.82) is 0 Å². The Bertz CT molecular complexity index is 721. The normalized spacial score (nSPS) is 15.6. The lowest BCUT2D eigenvalue weighted by Crippen LogP contribution is -3.13. The minimum absolute atomic E-state index is 0.131. The molecule has 0 atom stereocenters. The van der Waals surface area contributed by atoms with Crippen molar-refractivity contribution in [2.75, 3.05) is 31.1 Å². The number of anilines is 1. The van der Waals surface area contributed by atoms with Gasteiger partial charge in [0.15, 0.2) is 0 Å². The van der Waals surface area contributed by atoms with E-state index in [4.69, 9.17) is 0 Å². The number of tetrazole rings is 1. The van der Waals surface area contributed by atoms with Gasteiger partial charge in [-0.05, 0) is 34.9 Å². The fourth-order valence-corrected chi connectivity index (χ4v) is 3.17. The van der Waals surface area contributed by atoms with Crippen LogP contribution in [0.2, 0.25) is 0 Å². The molecule has 0 bridgehead atoms. The van der Waals surface area contributed by atoms with Gasteiger partial charge < -0.3 is 9.80 Å². The minimum Gasteiger partial charge on any atom is -0.360 e. The molecule has 1 aliphatic rings. The highest BCUT2D eigenvalue weighted by Gasteiger charge is 2.23. The number of non-ortho nitro benzene ring substituents is 1. The monoisotopic (exact) mass is 360 g/mol. The van der Waals surface area contributed by atoms with Crippen molar-refractivity contribution >= 4 is 11.4 Å². The third-order valence-electron chi connectivity index (χ3n) is 4.83. The smallest absolute Gasteiger partial charge is 0.269 e. The maximum Gasteiger partial charge on any atom is 0.269 e. The molecule has 1 aromatic carbocycles. The average molecular weight is 360 g/mol. The maximum absolute atomic E-state index is 10.8. The Morgan fingerprint density at radius 2 is 1.92 bits per heavy atom. The molecule has 0 radical (unpaired) electrons. The topological polar surface area (TPSA) is 94.4 Å². The van der Waals surface area contributed by atoms with Crippen molar-refractivity contribution < 1.29 is 9.82 Å². The second-order valence-electron chi connectivity index (χ2n) is 7.19. The zero-order chi connectivity index (χ0) is 18.5. The van der Waals surface area contributed by atoms with E-state index < -0.39 is 0 Å². The van der Waals surface area contributed by atoms with Gasteiger partial charge in [0, 0.05) is 24.4 Å². The number of piperazine rings is 1. The number of quaternary nitrogens is 1. The van der Waals surface area contributed by atoms with Gasteiger partial charge in [0.05, 0.1) is 31.1 Å². The zero-order valence-electron chi connectivity index (χ0n) is 15.3. The number of rotatable bonds is 7. The first kappa shape index (κ1) is 18.2. The summed E-state index contributed by atoms with van der Waals surface area (Å²) in [6, 6.07) is 6.79. The fourth-order valence-electron chi connectivity index (χ4n) is 3.17. The van der Waals surface area contributed by atoms with Gasteiger partial charge in [-0.25, -0.2) is 4.68 Å². The predicted molar refractivity (Wildman–Crippen MR) is 97.0 cm³/mol. The van der Waals surface area contributed by atoms with E-state index in [1.54, 1.807) is 12.1 Å². The Morgan fingerprint density at radius 1 is 1.23 bits per heavy atom. The van der Waals surface area contributed by atoms with Crippen LogP contribution in [0, 0.1) is 16.0 Å². The van der Waals surface area contributed by atoms with Gasteiger partial charge in [0.25, 0.3) is 5.69 Å². The summed E-state index contributed by atoms with van der Waals surface area (Å²) in [7, 11) is 0. The molecule has 0 saturated carbocycles. The Kier molecular flexibility index (Phi) is 5.77. The van der Waals surface area contributed by atoms with E-state index in [1.807, 2.05) is 16.8 Å². The highest BCUT2D eigenvalue weighted by Crippen LogP contribution is 2.19. The minimum atomic E-state index is -0.366. The number of aromatic nitrogens is 4. The van der Waals surface area contributed by atoms with Crippen LogP contribution in [-0.2, 0) is 13.1 Å². The lowest BCUT2D eigenvalue weighted by atomic mass is 10.1. The van der Waals surface area contributed by atoms with Crippen LogP contribution in [-0.4, -0.2) is 51.3 Å². The van der Waals surface area contributed by atoms with Crippen LogP contribution in [0.3, 0.4) is 0 Å². The summed E-state index contributed by atoms with van der Waals surface area (Å²) in [5, 5.41) is 22.9. The molecule has 1 N–H and O–H groups in total. The van der Waals surface area contributed by atoms with Gasteiger partial charge in [0.1, 0.15) is 6.54 Å². The molecule has 0 amide bonds. The molecular formula is C17H26N7O2+. The predicted octanol–water partition coefficient (Wildman–Crippen LogP) is 0.533. The second kappa shape index (κ2) is 8.22. The van der Waals surface area contributed by atoms with Gasteiger partial charge in [-0.1, -0.05) is 13.8 Å². The van der Waals surface area contributed by atoms with Gasteiger partial charge >= 0.3 is 0 Å². The lowest BCUT2D eigenvalue weighted by molar-refractivity contribution is -0.915. The number of benzene rings is 1. The van der Waals surface area contributed by atoms with Crippen LogP contribution < -0.4 is 9.80 Å². The van der Waals surface area contributed by atoms with Crippen molar-refractivity contribution in [1.82, 2.24) is 20.2 Å². The number of hydrogen-bond acceptors (Lipinski definition) is 6. The molecule has 0 aliphatic carbocycles. The van der Waals surface area contributed by atoms with Gasteiger partial charge in [0.2, 0.25) is 5.82 Å². The van der Waals surface area contributed by atoms with E-state index >= 15 is 0 Å². The summed E-state index contributed by atoms with van der Waals surface area (Å²) < 4.78 is 1.93. The second-order valence-corrected chi connectivity index (χ2v) is 7.19. The number of aryl methyl sites for hydroxylation is 1. The molecule has 1 aromatic heterocycles. The Morgan fingerprint density at radius 3 is 2.54 bits per heavy atom. The van der Waals surface area contributed by atoms with E-state index in [0.29, 0.717) is 5.92 Å². The molecule has 1 fully saturated rings. The first-order valence-electron chi connectivity index (χ1n) is 9.11. The number of nitro groups is 1. The van der Waals surface area contributed by atoms with E-state index in [-0.39, 0.29) is 10.6 Å². The SMILES string of the molecule is CC(C)CCn1nnnc1C[NH+]1CCN(c2ccc([N+](=O)[O-])cc2)CC1. The summed E-state index contributed by atoms with van der Waals surface area (Å²) in [6.07, 6.45) is 1.07. The molecule has 9 heteroatoms. The summed E-state index contributed by atoms with van der Waals surface area (Å²) in [6.45, 7) is 9.92. The van der Waals surface area contributed by atoms with E-state index in [0.717, 1.165) is 57.2 Å². The number of nitro benzene ring substituents is 1. The molecule has 0 spiro atoms. The number of hydrogen-bond donors (Lipinski definition) is 1. The molecule has 0 unspecified atom stereocenters. The lowest BCUT2D eigenvalue weighted by Gasteiger charge is -2.33. The first-order valence-corrected chi connectivity index (χ1v) is 9.11. The third-order valence-corrected chi connectivity index (χ3v) is 4.83. The van der Waals surface area contributed by atoms with E-state index in [2.05, 4.69) is 34.3 Å². The van der Waals surface area contributed by atoms with Crippen LogP contribution in [0.5, 0.6) is 0 Å². The molecule has 1 aliphatic heterocycles. The summed E-state index contributed by atoms with van der Waals surface area (Å²) in [4.78, 5) is 14.1. The fraction of sp³-hybridized carbons (Fsp3) is 0.588. The molecule has 3 rings (SSSR count). The summed E-state index contributed by atoms with van der Waals surface area (Å²) in [5.41, 5.74) is 1.17. The van der Waals surface area contributed by atoms with Crippen molar-refractivity contribution in [3.05, 3.63) is 40.2 Å². The van der Waals surface area contributed by atoms with Crippen LogP contribution in [0.25, 0.3) is 0 Å².